The minimum absolute atomic E-state index is 0.170. The van der Waals surface area contributed by atoms with E-state index in [1.165, 1.54) is 18.2 Å². The highest BCUT2D eigenvalue weighted by molar-refractivity contribution is 7.99. The molecule has 1 unspecified atom stereocenters. The van der Waals surface area contributed by atoms with Gasteiger partial charge in [0.25, 0.3) is 0 Å². The molecule has 1 N–H and O–H groups in total. The van der Waals surface area contributed by atoms with E-state index in [1.807, 2.05) is 7.05 Å². The molecule has 1 atom stereocenters. The van der Waals surface area contributed by atoms with Crippen molar-refractivity contribution >= 4 is 17.7 Å². The van der Waals surface area contributed by atoms with Crippen LogP contribution in [0.25, 0.3) is 0 Å². The van der Waals surface area contributed by atoms with Gasteiger partial charge in [0.15, 0.2) is 0 Å². The minimum Gasteiger partial charge on any atom is -0.468 e. The summed E-state index contributed by atoms with van der Waals surface area (Å²) in [6.45, 7) is 2.15. The molecule has 0 saturated carbocycles. The van der Waals surface area contributed by atoms with Crippen molar-refractivity contribution < 1.29 is 9.53 Å². The number of carbonyl (C=O) groups is 1. The number of aryl methyl sites for hydroxylation is 1. The fraction of sp³-hybridized carbons (Fsp3) is 0.500. The molecule has 0 aliphatic carbocycles. The summed E-state index contributed by atoms with van der Waals surface area (Å²) < 4.78 is 4.62. The smallest absolute Gasteiger partial charge is 0.315 e. The quantitative estimate of drug-likeness (QED) is 0.770. The van der Waals surface area contributed by atoms with E-state index in [9.17, 15) is 4.79 Å². The van der Waals surface area contributed by atoms with Crippen molar-refractivity contribution in [2.75, 3.05) is 25.7 Å². The van der Waals surface area contributed by atoms with E-state index in [0.29, 0.717) is 5.75 Å². The van der Waals surface area contributed by atoms with Crippen LogP contribution in [0, 0.1) is 0 Å². The van der Waals surface area contributed by atoms with Crippen molar-refractivity contribution in [2.24, 2.45) is 0 Å². The maximum absolute atomic E-state index is 11.0. The van der Waals surface area contributed by atoms with Gasteiger partial charge < -0.3 is 10.1 Å². The van der Waals surface area contributed by atoms with Crippen LogP contribution in [0.2, 0.25) is 0 Å². The molecule has 1 aromatic rings. The molecule has 0 aliphatic heterocycles. The average Bonchev–Trinajstić information content (AvgIpc) is 2.43. The van der Waals surface area contributed by atoms with Gasteiger partial charge in [-0.25, -0.2) is 0 Å². The molecule has 100 valence electrons. The van der Waals surface area contributed by atoms with E-state index in [-0.39, 0.29) is 12.0 Å². The highest BCUT2D eigenvalue weighted by Crippen LogP contribution is 2.19. The molecule has 4 heteroatoms. The van der Waals surface area contributed by atoms with E-state index in [0.717, 1.165) is 12.2 Å². The third-order valence-electron chi connectivity index (χ3n) is 2.87. The molecule has 0 aromatic heterocycles. The van der Waals surface area contributed by atoms with Gasteiger partial charge in [-0.05, 0) is 24.6 Å². The highest BCUT2D eigenvalue weighted by atomic mass is 32.2. The van der Waals surface area contributed by atoms with Crippen LogP contribution in [-0.2, 0) is 16.0 Å². The number of carbonyl (C=O) groups excluding carboxylic acids is 1. The second-order valence-electron chi connectivity index (χ2n) is 4.03. The van der Waals surface area contributed by atoms with Crippen LogP contribution >= 0.6 is 11.8 Å². The van der Waals surface area contributed by atoms with Crippen molar-refractivity contribution in [1.29, 1.82) is 0 Å². The SMILES string of the molecule is CCc1ccc(C(CSCC(=O)OC)NC)cc1. The lowest BCUT2D eigenvalue weighted by Crippen LogP contribution is -2.19. The minimum atomic E-state index is -0.170. The number of rotatable bonds is 7. The van der Waals surface area contributed by atoms with Gasteiger partial charge >= 0.3 is 5.97 Å². The van der Waals surface area contributed by atoms with E-state index in [1.54, 1.807) is 11.8 Å². The Hall–Kier alpha value is -1.00. The van der Waals surface area contributed by atoms with Crippen LogP contribution < -0.4 is 5.32 Å². The molecule has 0 fully saturated rings. The zero-order valence-corrected chi connectivity index (χ0v) is 12.0. The fourth-order valence-corrected chi connectivity index (χ4v) is 2.65. The molecule has 0 amide bonds. The van der Waals surface area contributed by atoms with Gasteiger partial charge in [-0.15, -0.1) is 11.8 Å². The molecule has 0 saturated heterocycles. The fourth-order valence-electron chi connectivity index (χ4n) is 1.65. The second kappa shape index (κ2) is 8.16. The first-order valence-corrected chi connectivity index (χ1v) is 7.27. The first-order valence-electron chi connectivity index (χ1n) is 6.12. The molecule has 1 aromatic carbocycles. The van der Waals surface area contributed by atoms with Gasteiger partial charge in [0.05, 0.1) is 12.9 Å². The van der Waals surface area contributed by atoms with Crippen LogP contribution in [0.3, 0.4) is 0 Å². The summed E-state index contributed by atoms with van der Waals surface area (Å²) in [5.74, 6) is 1.09. The van der Waals surface area contributed by atoms with E-state index in [4.69, 9.17) is 0 Å². The molecule has 0 bridgehead atoms. The van der Waals surface area contributed by atoms with Crippen LogP contribution in [0.1, 0.15) is 24.1 Å². The lowest BCUT2D eigenvalue weighted by molar-refractivity contribution is -0.137. The molecular formula is C14H21NO2S. The molecule has 3 nitrogen and oxygen atoms in total. The summed E-state index contributed by atoms with van der Waals surface area (Å²) in [4.78, 5) is 11.0. The molecule has 0 radical (unpaired) electrons. The topological polar surface area (TPSA) is 38.3 Å². The van der Waals surface area contributed by atoms with Gasteiger partial charge in [0.2, 0.25) is 0 Å². The third kappa shape index (κ3) is 4.70. The van der Waals surface area contributed by atoms with Crippen molar-refractivity contribution in [1.82, 2.24) is 5.32 Å². The third-order valence-corrected chi connectivity index (χ3v) is 3.88. The Morgan fingerprint density at radius 2 is 2.06 bits per heavy atom. The summed E-state index contributed by atoms with van der Waals surface area (Å²) in [6.07, 6.45) is 1.06. The molecule has 18 heavy (non-hydrogen) atoms. The molecule has 1 rings (SSSR count). The van der Waals surface area contributed by atoms with Gasteiger partial charge in [-0.1, -0.05) is 31.2 Å². The number of esters is 1. The lowest BCUT2D eigenvalue weighted by Gasteiger charge is -2.16. The first kappa shape index (κ1) is 15.1. The van der Waals surface area contributed by atoms with Crippen LogP contribution in [0.5, 0.6) is 0 Å². The number of benzene rings is 1. The van der Waals surface area contributed by atoms with Crippen molar-refractivity contribution in [3.63, 3.8) is 0 Å². The Balaban J connectivity index is 2.51. The largest absolute Gasteiger partial charge is 0.468 e. The summed E-state index contributed by atoms with van der Waals surface area (Å²) >= 11 is 1.59. The zero-order valence-electron chi connectivity index (χ0n) is 11.2. The number of ether oxygens (including phenoxy) is 1. The number of hydrogen-bond acceptors (Lipinski definition) is 4. The molecular weight excluding hydrogens is 246 g/mol. The van der Waals surface area contributed by atoms with Gasteiger partial charge in [-0.3, -0.25) is 4.79 Å². The van der Waals surface area contributed by atoms with Crippen molar-refractivity contribution in [3.05, 3.63) is 35.4 Å². The predicted molar refractivity (Wildman–Crippen MR) is 77.0 cm³/mol. The predicted octanol–water partition coefficient (Wildman–Crippen LogP) is 2.42. The summed E-state index contributed by atoms with van der Waals surface area (Å²) in [5.41, 5.74) is 2.60. The Labute approximate surface area is 113 Å². The first-order chi connectivity index (χ1) is 8.71. The lowest BCUT2D eigenvalue weighted by atomic mass is 10.1. The normalized spacial score (nSPS) is 12.2. The Bertz CT molecular complexity index is 365. The summed E-state index contributed by atoms with van der Waals surface area (Å²) in [5, 5.41) is 3.27. The maximum atomic E-state index is 11.0. The summed E-state index contributed by atoms with van der Waals surface area (Å²) in [6, 6.07) is 8.89. The number of hydrogen-bond donors (Lipinski definition) is 1. The number of nitrogens with one attached hydrogen (secondary N) is 1. The average molecular weight is 267 g/mol. The number of thioether (sulfide) groups is 1. The van der Waals surface area contributed by atoms with E-state index >= 15 is 0 Å². The van der Waals surface area contributed by atoms with Gasteiger partial charge in [0.1, 0.15) is 0 Å². The maximum Gasteiger partial charge on any atom is 0.315 e. The van der Waals surface area contributed by atoms with Gasteiger partial charge in [-0.2, -0.15) is 0 Å². The van der Waals surface area contributed by atoms with Crippen molar-refractivity contribution in [3.8, 4) is 0 Å². The summed E-state index contributed by atoms with van der Waals surface area (Å²) in [7, 11) is 3.36. The van der Waals surface area contributed by atoms with Gasteiger partial charge in [0, 0.05) is 11.8 Å². The Morgan fingerprint density at radius 1 is 1.39 bits per heavy atom. The Morgan fingerprint density at radius 3 is 2.56 bits per heavy atom. The highest BCUT2D eigenvalue weighted by Gasteiger charge is 2.10. The van der Waals surface area contributed by atoms with E-state index in [2.05, 4.69) is 41.2 Å². The van der Waals surface area contributed by atoms with Crippen LogP contribution in [-0.4, -0.2) is 31.6 Å². The molecule has 0 aliphatic rings. The van der Waals surface area contributed by atoms with Crippen LogP contribution in [0.4, 0.5) is 0 Å². The standard InChI is InChI=1S/C14H21NO2S/c1-4-11-5-7-12(8-6-11)13(15-2)9-18-10-14(16)17-3/h5-8,13,15H,4,9-10H2,1-3H3. The van der Waals surface area contributed by atoms with Crippen LogP contribution in [0.15, 0.2) is 24.3 Å². The number of methoxy groups -OCH3 is 1. The zero-order chi connectivity index (χ0) is 13.4. The second-order valence-corrected chi connectivity index (χ2v) is 5.06. The molecule has 0 spiro atoms. The Kier molecular flexibility index (Phi) is 6.83. The van der Waals surface area contributed by atoms with E-state index < -0.39 is 0 Å². The molecule has 0 heterocycles. The monoisotopic (exact) mass is 267 g/mol. The van der Waals surface area contributed by atoms with Crippen molar-refractivity contribution in [2.45, 2.75) is 19.4 Å².